The van der Waals surface area contributed by atoms with Crippen LogP contribution in [0.25, 0.3) is 34.4 Å². The predicted octanol–water partition coefficient (Wildman–Crippen LogP) is 8.74. The molecule has 0 saturated heterocycles. The molecule has 2 aromatic carbocycles. The Bertz CT molecular complexity index is 1180. The average Bonchev–Trinajstić information content (AvgIpc) is 2.95. The fourth-order valence-electron chi connectivity index (χ4n) is 4.56. The average molecular weight is 508 g/mol. The van der Waals surface area contributed by atoms with Crippen LogP contribution in [0.1, 0.15) is 87.8 Å². The molecule has 0 spiro atoms. The number of hydrogen-bond donors (Lipinski definition) is 0. The van der Waals surface area contributed by atoms with Gasteiger partial charge in [-0.05, 0) is 32.3 Å². The van der Waals surface area contributed by atoms with Gasteiger partial charge in [-0.1, -0.05) is 124 Å². The van der Waals surface area contributed by atoms with Gasteiger partial charge in [-0.2, -0.15) is 0 Å². The standard InChI is InChI=1S/C33H41N5/c1-4-5-6-7-8-9-10-11-12-13-14-27-23-34-32(35-24-27)33-37-30(28-19-15-25(2)16-20-28)36-31(38-33)29-21-17-26(3)18-22-29/h15-24H,4-14H2,1-3H3. The molecule has 2 aromatic heterocycles. The normalized spacial score (nSPS) is 11.1. The van der Waals surface area contributed by atoms with Crippen LogP contribution in [-0.2, 0) is 6.42 Å². The Morgan fingerprint density at radius 3 is 1.37 bits per heavy atom. The Morgan fingerprint density at radius 1 is 0.474 bits per heavy atom. The van der Waals surface area contributed by atoms with E-state index in [1.807, 2.05) is 36.7 Å². The Balaban J connectivity index is 1.40. The number of hydrogen-bond acceptors (Lipinski definition) is 5. The van der Waals surface area contributed by atoms with Gasteiger partial charge >= 0.3 is 0 Å². The number of aryl methyl sites for hydroxylation is 3. The number of nitrogens with zero attached hydrogens (tertiary/aromatic N) is 5. The fourth-order valence-corrected chi connectivity index (χ4v) is 4.56. The molecule has 5 heteroatoms. The summed E-state index contributed by atoms with van der Waals surface area (Å²) in [4.78, 5) is 23.6. The molecule has 0 fully saturated rings. The summed E-state index contributed by atoms with van der Waals surface area (Å²) in [5, 5.41) is 0. The summed E-state index contributed by atoms with van der Waals surface area (Å²) in [7, 11) is 0. The molecule has 0 amide bonds. The van der Waals surface area contributed by atoms with Gasteiger partial charge in [0.1, 0.15) is 0 Å². The van der Waals surface area contributed by atoms with E-state index in [4.69, 9.17) is 15.0 Å². The molecule has 38 heavy (non-hydrogen) atoms. The highest BCUT2D eigenvalue weighted by Gasteiger charge is 2.14. The van der Waals surface area contributed by atoms with Crippen LogP contribution in [0.4, 0.5) is 0 Å². The topological polar surface area (TPSA) is 64.5 Å². The number of rotatable bonds is 14. The molecule has 0 aliphatic heterocycles. The van der Waals surface area contributed by atoms with E-state index in [0.29, 0.717) is 23.3 Å². The van der Waals surface area contributed by atoms with Gasteiger partial charge < -0.3 is 0 Å². The third-order valence-corrected chi connectivity index (χ3v) is 6.98. The number of aromatic nitrogens is 5. The minimum atomic E-state index is 0.497. The second kappa shape index (κ2) is 14.5. The number of unbranched alkanes of at least 4 members (excludes halogenated alkanes) is 9. The minimum absolute atomic E-state index is 0.497. The van der Waals surface area contributed by atoms with Crippen LogP contribution in [-0.4, -0.2) is 24.9 Å². The van der Waals surface area contributed by atoms with E-state index in [1.165, 1.54) is 80.9 Å². The van der Waals surface area contributed by atoms with Crippen molar-refractivity contribution in [2.75, 3.05) is 0 Å². The molecule has 198 valence electrons. The maximum Gasteiger partial charge on any atom is 0.201 e. The maximum atomic E-state index is 4.79. The molecular weight excluding hydrogens is 466 g/mol. The highest BCUT2D eigenvalue weighted by molar-refractivity contribution is 5.64. The summed E-state index contributed by atoms with van der Waals surface area (Å²) in [6, 6.07) is 16.5. The van der Waals surface area contributed by atoms with Gasteiger partial charge in [0.25, 0.3) is 0 Å². The summed E-state index contributed by atoms with van der Waals surface area (Å²) >= 11 is 0. The third kappa shape index (κ3) is 8.27. The molecule has 4 aromatic rings. The van der Waals surface area contributed by atoms with Crippen molar-refractivity contribution in [3.8, 4) is 34.4 Å². The van der Waals surface area contributed by atoms with Crippen LogP contribution >= 0.6 is 0 Å². The lowest BCUT2D eigenvalue weighted by Crippen LogP contribution is -2.03. The molecule has 2 heterocycles. The Labute approximate surface area is 228 Å². The first-order chi connectivity index (χ1) is 18.6. The molecule has 0 radical (unpaired) electrons. The molecule has 0 aliphatic carbocycles. The van der Waals surface area contributed by atoms with E-state index < -0.39 is 0 Å². The summed E-state index contributed by atoms with van der Waals surface area (Å²) in [5.74, 6) is 2.28. The largest absolute Gasteiger partial charge is 0.234 e. The highest BCUT2D eigenvalue weighted by atomic mass is 15.1. The van der Waals surface area contributed by atoms with E-state index >= 15 is 0 Å². The lowest BCUT2D eigenvalue weighted by molar-refractivity contribution is 0.556. The maximum absolute atomic E-state index is 4.79. The molecular formula is C33H41N5. The Hall–Kier alpha value is -3.47. The molecule has 0 saturated carbocycles. The highest BCUT2D eigenvalue weighted by Crippen LogP contribution is 2.24. The zero-order valence-electron chi connectivity index (χ0n) is 23.3. The van der Waals surface area contributed by atoms with Gasteiger partial charge in [-0.15, -0.1) is 0 Å². The number of benzene rings is 2. The third-order valence-electron chi connectivity index (χ3n) is 6.98. The second-order valence-electron chi connectivity index (χ2n) is 10.4. The van der Waals surface area contributed by atoms with E-state index in [-0.39, 0.29) is 0 Å². The first-order valence-electron chi connectivity index (χ1n) is 14.3. The first kappa shape index (κ1) is 27.6. The first-order valence-corrected chi connectivity index (χ1v) is 14.3. The predicted molar refractivity (Wildman–Crippen MR) is 157 cm³/mol. The van der Waals surface area contributed by atoms with Crippen LogP contribution < -0.4 is 0 Å². The Morgan fingerprint density at radius 2 is 0.895 bits per heavy atom. The monoisotopic (exact) mass is 507 g/mol. The zero-order valence-corrected chi connectivity index (χ0v) is 23.3. The zero-order chi connectivity index (χ0) is 26.6. The molecule has 4 rings (SSSR count). The quantitative estimate of drug-likeness (QED) is 0.160. The van der Waals surface area contributed by atoms with Crippen LogP contribution in [0.5, 0.6) is 0 Å². The van der Waals surface area contributed by atoms with Crippen molar-refractivity contribution in [3.63, 3.8) is 0 Å². The molecule has 0 atom stereocenters. The van der Waals surface area contributed by atoms with Gasteiger partial charge in [-0.25, -0.2) is 24.9 Å². The molecule has 0 aliphatic rings. The van der Waals surface area contributed by atoms with E-state index in [2.05, 4.69) is 55.0 Å². The van der Waals surface area contributed by atoms with Crippen molar-refractivity contribution >= 4 is 0 Å². The van der Waals surface area contributed by atoms with Crippen LogP contribution in [0.2, 0.25) is 0 Å². The van der Waals surface area contributed by atoms with Crippen LogP contribution in [0.3, 0.4) is 0 Å². The molecule has 0 N–H and O–H groups in total. The van der Waals surface area contributed by atoms with Crippen LogP contribution in [0.15, 0.2) is 60.9 Å². The van der Waals surface area contributed by atoms with Gasteiger partial charge in [0.2, 0.25) is 5.82 Å². The van der Waals surface area contributed by atoms with Gasteiger partial charge in [0, 0.05) is 23.5 Å². The minimum Gasteiger partial charge on any atom is -0.234 e. The summed E-state index contributed by atoms with van der Waals surface area (Å²) in [6.45, 7) is 6.42. The van der Waals surface area contributed by atoms with E-state index in [9.17, 15) is 0 Å². The van der Waals surface area contributed by atoms with Crippen molar-refractivity contribution in [2.45, 2.75) is 91.4 Å². The second-order valence-corrected chi connectivity index (χ2v) is 10.4. The van der Waals surface area contributed by atoms with Crippen molar-refractivity contribution in [3.05, 3.63) is 77.6 Å². The smallest absolute Gasteiger partial charge is 0.201 e. The van der Waals surface area contributed by atoms with Crippen molar-refractivity contribution in [2.24, 2.45) is 0 Å². The SMILES string of the molecule is CCCCCCCCCCCCc1cnc(-c2nc(-c3ccc(C)cc3)nc(-c3ccc(C)cc3)n2)nc1. The van der Waals surface area contributed by atoms with Gasteiger partial charge in [0.05, 0.1) is 0 Å². The van der Waals surface area contributed by atoms with E-state index in [0.717, 1.165) is 17.5 Å². The van der Waals surface area contributed by atoms with Gasteiger partial charge in [0.15, 0.2) is 17.5 Å². The summed E-state index contributed by atoms with van der Waals surface area (Å²) in [6.07, 6.45) is 18.3. The fraction of sp³-hybridized carbons (Fsp3) is 0.424. The lowest BCUT2D eigenvalue weighted by Gasteiger charge is -2.08. The lowest BCUT2D eigenvalue weighted by atomic mass is 10.0. The Kier molecular flexibility index (Phi) is 10.5. The summed E-state index contributed by atoms with van der Waals surface area (Å²) < 4.78 is 0. The molecule has 5 nitrogen and oxygen atoms in total. The van der Waals surface area contributed by atoms with Crippen LogP contribution in [0, 0.1) is 13.8 Å². The van der Waals surface area contributed by atoms with Crippen molar-refractivity contribution in [1.29, 1.82) is 0 Å². The summed E-state index contributed by atoms with van der Waals surface area (Å²) in [5.41, 5.74) is 5.46. The molecule has 0 bridgehead atoms. The molecule has 0 unspecified atom stereocenters. The van der Waals surface area contributed by atoms with E-state index in [1.54, 1.807) is 0 Å². The van der Waals surface area contributed by atoms with Crippen molar-refractivity contribution in [1.82, 2.24) is 24.9 Å². The van der Waals surface area contributed by atoms with Crippen molar-refractivity contribution < 1.29 is 0 Å². The van der Waals surface area contributed by atoms with Gasteiger partial charge in [-0.3, -0.25) is 0 Å².